The second kappa shape index (κ2) is 6.13. The predicted octanol–water partition coefficient (Wildman–Crippen LogP) is 2.30. The minimum Gasteiger partial charge on any atom is -0.377 e. The number of nitrogens with one attached hydrogen (secondary N) is 1. The summed E-state index contributed by atoms with van der Waals surface area (Å²) in [7, 11) is 0.270. The molecule has 0 spiro atoms. The summed E-state index contributed by atoms with van der Waals surface area (Å²) < 4.78 is 27.3. The van der Waals surface area contributed by atoms with Gasteiger partial charge in [-0.25, -0.2) is 18.1 Å². The summed E-state index contributed by atoms with van der Waals surface area (Å²) in [6, 6.07) is 5.14. The zero-order valence-electron chi connectivity index (χ0n) is 12.5. The summed E-state index contributed by atoms with van der Waals surface area (Å²) in [5.41, 5.74) is 1.93. The van der Waals surface area contributed by atoms with E-state index in [0.29, 0.717) is 0 Å². The van der Waals surface area contributed by atoms with E-state index in [1.165, 1.54) is 11.3 Å². The monoisotopic (exact) mass is 325 g/mol. The maximum absolute atomic E-state index is 12.4. The normalized spacial score (nSPS) is 11.6. The average molecular weight is 325 g/mol. The zero-order valence-corrected chi connectivity index (χ0v) is 14.2. The van der Waals surface area contributed by atoms with Crippen molar-refractivity contribution in [2.75, 3.05) is 19.0 Å². The van der Waals surface area contributed by atoms with E-state index in [0.717, 1.165) is 21.1 Å². The number of aryl methyl sites for hydroxylation is 2. The molecule has 1 heterocycles. The Balaban J connectivity index is 2.21. The van der Waals surface area contributed by atoms with Crippen LogP contribution in [-0.4, -0.2) is 27.5 Å². The highest BCUT2D eigenvalue weighted by Crippen LogP contribution is 2.22. The first-order chi connectivity index (χ1) is 9.79. The first-order valence-electron chi connectivity index (χ1n) is 6.48. The molecular formula is C14H19N3O2S2. The minimum absolute atomic E-state index is 0.263. The van der Waals surface area contributed by atoms with Gasteiger partial charge in [-0.05, 0) is 31.5 Å². The highest BCUT2D eigenvalue weighted by molar-refractivity contribution is 7.89. The van der Waals surface area contributed by atoms with Crippen molar-refractivity contribution in [3.8, 4) is 0 Å². The third kappa shape index (κ3) is 3.81. The van der Waals surface area contributed by atoms with Gasteiger partial charge in [0.05, 0.1) is 9.90 Å². The molecule has 0 radical (unpaired) electrons. The Morgan fingerprint density at radius 3 is 2.57 bits per heavy atom. The zero-order chi connectivity index (χ0) is 15.6. The van der Waals surface area contributed by atoms with Gasteiger partial charge in [0, 0.05) is 37.4 Å². The van der Waals surface area contributed by atoms with Crippen LogP contribution >= 0.6 is 11.3 Å². The van der Waals surface area contributed by atoms with Gasteiger partial charge in [0.1, 0.15) is 0 Å². The molecule has 0 bridgehead atoms. The van der Waals surface area contributed by atoms with Crippen molar-refractivity contribution < 1.29 is 8.42 Å². The Labute approximate surface area is 129 Å². The summed E-state index contributed by atoms with van der Waals surface area (Å²) in [5.74, 6) is 0. The molecule has 0 fully saturated rings. The second-order valence-electron chi connectivity index (χ2n) is 5.01. The van der Waals surface area contributed by atoms with Crippen LogP contribution in [0.3, 0.4) is 0 Å². The van der Waals surface area contributed by atoms with Gasteiger partial charge >= 0.3 is 0 Å². The molecule has 1 aromatic carbocycles. The van der Waals surface area contributed by atoms with Crippen LogP contribution in [0.25, 0.3) is 0 Å². The lowest BCUT2D eigenvalue weighted by molar-refractivity contribution is 0.582. The molecule has 1 N–H and O–H groups in total. The quantitative estimate of drug-likeness (QED) is 0.916. The van der Waals surface area contributed by atoms with Crippen molar-refractivity contribution in [2.45, 2.75) is 25.3 Å². The third-order valence-electron chi connectivity index (χ3n) is 3.08. The van der Waals surface area contributed by atoms with Gasteiger partial charge in [-0.15, -0.1) is 11.3 Å². The van der Waals surface area contributed by atoms with Gasteiger partial charge in [-0.1, -0.05) is 6.07 Å². The van der Waals surface area contributed by atoms with Crippen LogP contribution in [0.5, 0.6) is 0 Å². The molecule has 1 aromatic heterocycles. The summed E-state index contributed by atoms with van der Waals surface area (Å²) in [6.45, 7) is 4.12. The van der Waals surface area contributed by atoms with E-state index < -0.39 is 10.0 Å². The number of aromatic nitrogens is 1. The van der Waals surface area contributed by atoms with Crippen LogP contribution in [-0.2, 0) is 16.6 Å². The maximum Gasteiger partial charge on any atom is 0.240 e. The van der Waals surface area contributed by atoms with Gasteiger partial charge in [0.2, 0.25) is 10.0 Å². The van der Waals surface area contributed by atoms with Crippen molar-refractivity contribution in [2.24, 2.45) is 0 Å². The highest BCUT2D eigenvalue weighted by Gasteiger charge is 2.16. The topological polar surface area (TPSA) is 62.3 Å². The summed E-state index contributed by atoms with van der Waals surface area (Å²) in [5, 5.41) is 0.925. The van der Waals surface area contributed by atoms with E-state index in [-0.39, 0.29) is 11.4 Å². The molecule has 5 nitrogen and oxygen atoms in total. The van der Waals surface area contributed by atoms with Crippen molar-refractivity contribution in [3.63, 3.8) is 0 Å². The number of nitrogens with zero attached hydrogens (tertiary/aromatic N) is 2. The fourth-order valence-electron chi connectivity index (χ4n) is 1.97. The number of hydrogen-bond donors (Lipinski definition) is 1. The lowest BCUT2D eigenvalue weighted by Crippen LogP contribution is -2.23. The average Bonchev–Trinajstić information content (AvgIpc) is 2.82. The van der Waals surface area contributed by atoms with E-state index in [4.69, 9.17) is 0 Å². The largest absolute Gasteiger partial charge is 0.377 e. The van der Waals surface area contributed by atoms with Crippen LogP contribution < -0.4 is 9.62 Å². The third-order valence-corrected chi connectivity index (χ3v) is 5.39. The molecule has 2 aromatic rings. The first-order valence-corrected chi connectivity index (χ1v) is 8.78. The number of benzene rings is 1. The fraction of sp³-hybridized carbons (Fsp3) is 0.357. The molecule has 0 aliphatic carbocycles. The molecule has 0 amide bonds. The number of anilines is 1. The fourth-order valence-corrected chi connectivity index (χ4v) is 3.83. The summed E-state index contributed by atoms with van der Waals surface area (Å²) in [6.07, 6.45) is 1.70. The minimum atomic E-state index is -3.52. The van der Waals surface area contributed by atoms with Crippen LogP contribution in [0.2, 0.25) is 0 Å². The Kier molecular flexibility index (Phi) is 4.65. The van der Waals surface area contributed by atoms with Crippen molar-refractivity contribution in [1.29, 1.82) is 0 Å². The van der Waals surface area contributed by atoms with Crippen LogP contribution in [0.4, 0.5) is 5.69 Å². The number of thiazole rings is 1. The van der Waals surface area contributed by atoms with Gasteiger partial charge in [0.25, 0.3) is 0 Å². The molecule has 0 aliphatic rings. The molecule has 7 heteroatoms. The molecule has 0 saturated heterocycles. The predicted molar refractivity (Wildman–Crippen MR) is 86.4 cm³/mol. The second-order valence-corrected chi connectivity index (χ2v) is 8.10. The number of sulfonamides is 1. The van der Waals surface area contributed by atoms with E-state index in [1.54, 1.807) is 18.3 Å². The number of rotatable bonds is 5. The van der Waals surface area contributed by atoms with Crippen molar-refractivity contribution in [3.05, 3.63) is 39.8 Å². The lowest BCUT2D eigenvalue weighted by Gasteiger charge is -2.17. The van der Waals surface area contributed by atoms with Crippen LogP contribution in [0.15, 0.2) is 29.3 Å². The highest BCUT2D eigenvalue weighted by atomic mass is 32.2. The van der Waals surface area contributed by atoms with Gasteiger partial charge in [-0.2, -0.15) is 0 Å². The Morgan fingerprint density at radius 1 is 1.29 bits per heavy atom. The molecule has 21 heavy (non-hydrogen) atoms. The smallest absolute Gasteiger partial charge is 0.240 e. The lowest BCUT2D eigenvalue weighted by atomic mass is 10.2. The molecular weight excluding hydrogens is 306 g/mol. The number of hydrogen-bond acceptors (Lipinski definition) is 5. The molecule has 2 rings (SSSR count). The Morgan fingerprint density at radius 2 is 2.00 bits per heavy atom. The summed E-state index contributed by atoms with van der Waals surface area (Å²) >= 11 is 1.49. The van der Waals surface area contributed by atoms with Gasteiger partial charge < -0.3 is 4.90 Å². The van der Waals surface area contributed by atoms with Crippen molar-refractivity contribution in [1.82, 2.24) is 9.71 Å². The standard InChI is InChI=1S/C14H19N3O2S2/c1-10-5-6-13(7-14(10)17(3)4)21(18,19)16-9-12-8-15-11(2)20-12/h5-8,16H,9H2,1-4H3. The molecule has 0 unspecified atom stereocenters. The van der Waals surface area contributed by atoms with E-state index in [1.807, 2.05) is 38.9 Å². The maximum atomic E-state index is 12.4. The Hall–Kier alpha value is -1.44. The molecule has 114 valence electrons. The van der Waals surface area contributed by atoms with Gasteiger partial charge in [-0.3, -0.25) is 0 Å². The molecule has 0 aliphatic heterocycles. The van der Waals surface area contributed by atoms with Crippen molar-refractivity contribution >= 4 is 27.0 Å². The van der Waals surface area contributed by atoms with E-state index >= 15 is 0 Å². The Bertz CT molecular complexity index is 736. The van der Waals surface area contributed by atoms with Crippen LogP contribution in [0.1, 0.15) is 15.4 Å². The van der Waals surface area contributed by atoms with E-state index in [2.05, 4.69) is 9.71 Å². The molecule has 0 atom stereocenters. The van der Waals surface area contributed by atoms with E-state index in [9.17, 15) is 8.42 Å². The summed E-state index contributed by atoms with van der Waals surface area (Å²) in [4.78, 5) is 7.19. The molecule has 0 saturated carbocycles. The SMILES string of the molecule is Cc1ncc(CNS(=O)(=O)c2ccc(C)c(N(C)C)c2)s1. The first kappa shape index (κ1) is 15.9. The van der Waals surface area contributed by atoms with Gasteiger partial charge in [0.15, 0.2) is 0 Å². The van der Waals surface area contributed by atoms with Crippen LogP contribution in [0, 0.1) is 13.8 Å².